The summed E-state index contributed by atoms with van der Waals surface area (Å²) in [5, 5.41) is 14.3. The number of H-pyrrole nitrogens is 1. The lowest BCUT2D eigenvalue weighted by atomic mass is 9.94. The molecule has 4 heteroatoms. The van der Waals surface area contributed by atoms with E-state index in [1.54, 1.807) is 0 Å². The van der Waals surface area contributed by atoms with E-state index in [1.807, 2.05) is 0 Å². The Labute approximate surface area is 306 Å². The lowest BCUT2D eigenvalue weighted by Crippen LogP contribution is -2.33. The van der Waals surface area contributed by atoms with E-state index in [9.17, 15) is 0 Å². The van der Waals surface area contributed by atoms with Gasteiger partial charge in [0.2, 0.25) is 0 Å². The smallest absolute Gasteiger partial charge is 0.0728 e. The molecule has 4 aliphatic heterocycles. The molecule has 0 radical (unpaired) electrons. The molecule has 9 rings (SSSR count). The van der Waals surface area contributed by atoms with Crippen LogP contribution in [0.3, 0.4) is 0 Å². The number of rotatable bonds is 4. The molecule has 4 N–H and O–H groups in total. The normalized spacial score (nSPS) is 20.6. The van der Waals surface area contributed by atoms with Crippen molar-refractivity contribution in [1.82, 2.24) is 20.9 Å². The first-order valence-corrected chi connectivity index (χ1v) is 18.4. The SMILES string of the molecule is Cc1ccc(C2=C3C=CC(N3)C(c3ccc(C)cc3)=c3ccc([nH]3)=C(c3ccc(C)cc3)C3C=CC(=C(c4ccc(C)cc4)C4CC=C2N4)N3)cc1. The number of hydrogen-bond donors (Lipinski definition) is 4. The average molecular weight is 677 g/mol. The van der Waals surface area contributed by atoms with Crippen molar-refractivity contribution in [1.29, 1.82) is 0 Å². The van der Waals surface area contributed by atoms with Crippen LogP contribution >= 0.6 is 0 Å². The molecule has 0 saturated carbocycles. The van der Waals surface area contributed by atoms with Crippen molar-refractivity contribution in [2.45, 2.75) is 52.2 Å². The summed E-state index contributed by atoms with van der Waals surface area (Å²) in [5.74, 6) is 0. The van der Waals surface area contributed by atoms with Gasteiger partial charge in [-0.1, -0.05) is 138 Å². The third kappa shape index (κ3) is 5.84. The zero-order valence-corrected chi connectivity index (χ0v) is 30.2. The number of aryl methyl sites for hydroxylation is 4. The maximum Gasteiger partial charge on any atom is 0.0728 e. The van der Waals surface area contributed by atoms with Crippen LogP contribution in [-0.4, -0.2) is 23.1 Å². The molecule has 256 valence electrons. The quantitative estimate of drug-likeness (QED) is 0.157. The largest absolute Gasteiger partial charge is 0.378 e. The molecule has 0 saturated heterocycles. The molecule has 8 bridgehead atoms. The molecular weight excluding hydrogens is 633 g/mol. The zero-order chi connectivity index (χ0) is 35.3. The Kier molecular flexibility index (Phi) is 7.96. The molecule has 0 aliphatic carbocycles. The number of aromatic nitrogens is 1. The summed E-state index contributed by atoms with van der Waals surface area (Å²) >= 11 is 0. The fourth-order valence-electron chi connectivity index (χ4n) is 8.11. The van der Waals surface area contributed by atoms with Crippen molar-refractivity contribution in [3.63, 3.8) is 0 Å². The number of allylic oxidation sites excluding steroid dienone is 3. The molecule has 4 nitrogen and oxygen atoms in total. The van der Waals surface area contributed by atoms with Crippen molar-refractivity contribution >= 4 is 22.3 Å². The van der Waals surface area contributed by atoms with E-state index in [0.717, 1.165) is 34.2 Å². The maximum absolute atomic E-state index is 4.04. The molecule has 3 unspecified atom stereocenters. The minimum Gasteiger partial charge on any atom is -0.378 e. The Balaban J connectivity index is 1.31. The number of fused-ring (bicyclic) bond motifs is 8. The van der Waals surface area contributed by atoms with E-state index >= 15 is 0 Å². The Morgan fingerprint density at radius 2 is 0.865 bits per heavy atom. The monoisotopic (exact) mass is 676 g/mol. The lowest BCUT2D eigenvalue weighted by molar-refractivity contribution is 0.747. The maximum atomic E-state index is 4.04. The Morgan fingerprint density at radius 3 is 1.37 bits per heavy atom. The second-order valence-electron chi connectivity index (χ2n) is 14.7. The van der Waals surface area contributed by atoms with Gasteiger partial charge in [0.05, 0.1) is 18.1 Å². The molecule has 4 aromatic carbocycles. The first kappa shape index (κ1) is 31.9. The van der Waals surface area contributed by atoms with Crippen LogP contribution in [0, 0.1) is 27.7 Å². The van der Waals surface area contributed by atoms with Crippen LogP contribution in [0.15, 0.2) is 157 Å². The fourth-order valence-corrected chi connectivity index (χ4v) is 8.11. The average Bonchev–Trinajstić information content (AvgIpc) is 3.99. The van der Waals surface area contributed by atoms with Crippen LogP contribution in [0.2, 0.25) is 0 Å². The van der Waals surface area contributed by atoms with Crippen molar-refractivity contribution in [2.75, 3.05) is 0 Å². The van der Waals surface area contributed by atoms with Gasteiger partial charge in [-0.15, -0.1) is 0 Å². The van der Waals surface area contributed by atoms with E-state index in [1.165, 1.54) is 66.8 Å². The molecule has 5 aromatic rings. The van der Waals surface area contributed by atoms with Gasteiger partial charge < -0.3 is 20.9 Å². The highest BCUT2D eigenvalue weighted by Crippen LogP contribution is 2.37. The molecule has 5 heterocycles. The van der Waals surface area contributed by atoms with Crippen LogP contribution in [0.1, 0.15) is 50.9 Å². The Morgan fingerprint density at radius 1 is 0.442 bits per heavy atom. The minimum atomic E-state index is -0.0303. The zero-order valence-electron chi connectivity index (χ0n) is 30.2. The summed E-state index contributed by atoms with van der Waals surface area (Å²) in [6.07, 6.45) is 12.5. The molecule has 0 amide bonds. The van der Waals surface area contributed by atoms with Crippen molar-refractivity contribution in [2.24, 2.45) is 0 Å². The summed E-state index contributed by atoms with van der Waals surface area (Å²) in [6.45, 7) is 8.61. The molecule has 4 aliphatic rings. The van der Waals surface area contributed by atoms with Gasteiger partial charge in [-0.3, -0.25) is 0 Å². The fraction of sp³-hybridized carbons (Fsp3) is 0.167. The summed E-state index contributed by atoms with van der Waals surface area (Å²) in [5.41, 5.74) is 18.2. The van der Waals surface area contributed by atoms with Gasteiger partial charge in [-0.25, -0.2) is 0 Å². The van der Waals surface area contributed by atoms with E-state index in [-0.39, 0.29) is 18.1 Å². The van der Waals surface area contributed by atoms with Gasteiger partial charge >= 0.3 is 0 Å². The van der Waals surface area contributed by atoms with Crippen LogP contribution in [0.5, 0.6) is 0 Å². The molecule has 0 fully saturated rings. The number of aromatic amines is 1. The highest BCUT2D eigenvalue weighted by atomic mass is 15.0. The van der Waals surface area contributed by atoms with Gasteiger partial charge in [0.15, 0.2) is 0 Å². The van der Waals surface area contributed by atoms with Gasteiger partial charge in [0.25, 0.3) is 0 Å². The topological polar surface area (TPSA) is 51.9 Å². The molecule has 3 atom stereocenters. The second-order valence-corrected chi connectivity index (χ2v) is 14.7. The van der Waals surface area contributed by atoms with Crippen molar-refractivity contribution in [3.8, 4) is 0 Å². The van der Waals surface area contributed by atoms with Crippen LogP contribution < -0.4 is 26.6 Å². The predicted octanol–water partition coefficient (Wildman–Crippen LogP) is 7.78. The Bertz CT molecular complexity index is 2470. The highest BCUT2D eigenvalue weighted by molar-refractivity contribution is 5.87. The predicted molar refractivity (Wildman–Crippen MR) is 215 cm³/mol. The third-order valence-electron chi connectivity index (χ3n) is 10.9. The lowest BCUT2D eigenvalue weighted by Gasteiger charge is -2.25. The van der Waals surface area contributed by atoms with Crippen LogP contribution in [0.4, 0.5) is 0 Å². The van der Waals surface area contributed by atoms with Gasteiger partial charge in [-0.05, 0) is 80.7 Å². The first-order chi connectivity index (χ1) is 25.4. The second kappa shape index (κ2) is 13.0. The molecular formula is C48H44N4. The molecule has 1 aromatic heterocycles. The standard InChI is InChI=1S/C48H44N4/c1-29-5-13-33(14-6-29)45-37-21-23-39(49-37)46(34-15-7-30(2)8-16-34)41-25-27-43(51-41)48(36-19-11-32(4)12-20-36)44-28-26-42(52-44)47(40-24-22-38(45)50-40)35-17-9-31(3)10-18-35/h5-27,38,41,44,49-52H,28H2,1-4H3. The van der Waals surface area contributed by atoms with E-state index in [4.69, 9.17) is 0 Å². The van der Waals surface area contributed by atoms with Gasteiger partial charge in [0.1, 0.15) is 0 Å². The van der Waals surface area contributed by atoms with Crippen molar-refractivity contribution in [3.05, 3.63) is 212 Å². The molecule has 52 heavy (non-hydrogen) atoms. The highest BCUT2D eigenvalue weighted by Gasteiger charge is 2.31. The van der Waals surface area contributed by atoms with Crippen LogP contribution in [-0.2, 0) is 0 Å². The summed E-state index contributed by atoms with van der Waals surface area (Å²) in [4.78, 5) is 3.94. The third-order valence-corrected chi connectivity index (χ3v) is 10.9. The summed E-state index contributed by atoms with van der Waals surface area (Å²) in [7, 11) is 0. The van der Waals surface area contributed by atoms with E-state index < -0.39 is 0 Å². The first-order valence-electron chi connectivity index (χ1n) is 18.4. The van der Waals surface area contributed by atoms with Gasteiger partial charge in [0, 0.05) is 50.1 Å². The number of nitrogens with one attached hydrogen (secondary N) is 4. The van der Waals surface area contributed by atoms with Gasteiger partial charge in [-0.2, -0.15) is 0 Å². The van der Waals surface area contributed by atoms with E-state index in [0.29, 0.717) is 0 Å². The van der Waals surface area contributed by atoms with Crippen molar-refractivity contribution < 1.29 is 0 Å². The molecule has 0 spiro atoms. The van der Waals surface area contributed by atoms with Crippen LogP contribution in [0.25, 0.3) is 22.3 Å². The minimum absolute atomic E-state index is 0.0201. The number of benzene rings is 4. The summed E-state index contributed by atoms with van der Waals surface area (Å²) in [6, 6.07) is 40.3. The number of hydrogen-bond acceptors (Lipinski definition) is 3. The van der Waals surface area contributed by atoms with E-state index in [2.05, 4.69) is 188 Å². The summed E-state index contributed by atoms with van der Waals surface area (Å²) < 4.78 is 0. The Hall–Kier alpha value is -6.00.